The van der Waals surface area contributed by atoms with E-state index in [-0.39, 0.29) is 17.7 Å². The minimum atomic E-state index is -3.72. The van der Waals surface area contributed by atoms with Gasteiger partial charge in [-0.25, -0.2) is 13.4 Å². The van der Waals surface area contributed by atoms with Crippen LogP contribution in [0, 0.1) is 0 Å². The molecule has 1 amide bonds. The zero-order valence-electron chi connectivity index (χ0n) is 21.0. The summed E-state index contributed by atoms with van der Waals surface area (Å²) in [6.07, 6.45) is 1.16. The number of ether oxygens (including phenoxy) is 1. The molecule has 0 spiro atoms. The minimum Gasteiger partial charge on any atom is -0.438 e. The first kappa shape index (κ1) is 27.3. The molecular weight excluding hydrogens is 494 g/mol. The molecule has 4 rings (SSSR count). The molecule has 3 aromatic rings. The van der Waals surface area contributed by atoms with Gasteiger partial charge in [0.2, 0.25) is 11.8 Å². The fraction of sp³-hybridized carbons (Fsp3) is 0.481. The SMILES string of the molecule is CCC[C@@H]([C@H](O)c1nc2ccccc2o1)N(C1CCOCC1)C(CS(=O)(=O)Cc1ccccc1)C(N)=O. The Morgan fingerprint density at radius 1 is 1.14 bits per heavy atom. The molecular formula is C27H35N3O6S. The molecule has 1 fully saturated rings. The number of nitrogens with zero attached hydrogens (tertiary/aromatic N) is 2. The summed E-state index contributed by atoms with van der Waals surface area (Å²) in [5.74, 6) is -1.26. The second-order valence-electron chi connectivity index (χ2n) is 9.57. The Balaban J connectivity index is 1.70. The van der Waals surface area contributed by atoms with Crippen LogP contribution in [0.1, 0.15) is 50.2 Å². The van der Waals surface area contributed by atoms with Gasteiger partial charge >= 0.3 is 0 Å². The molecule has 0 bridgehead atoms. The van der Waals surface area contributed by atoms with Gasteiger partial charge in [0.05, 0.1) is 11.5 Å². The van der Waals surface area contributed by atoms with Crippen LogP contribution < -0.4 is 5.73 Å². The number of aliphatic hydroxyl groups is 1. The second kappa shape index (κ2) is 12.2. The van der Waals surface area contributed by atoms with E-state index in [1.807, 2.05) is 30.0 Å². The molecule has 2 aromatic carbocycles. The monoisotopic (exact) mass is 529 g/mol. The van der Waals surface area contributed by atoms with E-state index in [9.17, 15) is 18.3 Å². The zero-order chi connectivity index (χ0) is 26.4. The highest BCUT2D eigenvalue weighted by Gasteiger charge is 2.42. The topological polar surface area (TPSA) is 136 Å². The number of carbonyl (C=O) groups is 1. The zero-order valence-corrected chi connectivity index (χ0v) is 21.8. The van der Waals surface area contributed by atoms with Crippen molar-refractivity contribution in [3.05, 3.63) is 66.1 Å². The normalized spacial score (nSPS) is 17.6. The van der Waals surface area contributed by atoms with Gasteiger partial charge in [-0.1, -0.05) is 55.8 Å². The van der Waals surface area contributed by atoms with Crippen molar-refractivity contribution < 1.29 is 27.5 Å². The predicted molar refractivity (Wildman–Crippen MR) is 140 cm³/mol. The highest BCUT2D eigenvalue weighted by Crippen LogP contribution is 2.32. The second-order valence-corrected chi connectivity index (χ2v) is 11.7. The van der Waals surface area contributed by atoms with Gasteiger partial charge in [0.25, 0.3) is 0 Å². The average Bonchev–Trinajstić information content (AvgIpc) is 3.32. The molecule has 37 heavy (non-hydrogen) atoms. The first-order valence-corrected chi connectivity index (χ1v) is 14.5. The van der Waals surface area contributed by atoms with Crippen molar-refractivity contribution in [3.8, 4) is 0 Å². The maximum Gasteiger partial charge on any atom is 0.235 e. The number of nitrogens with two attached hydrogens (primary N) is 1. The lowest BCUT2D eigenvalue weighted by Gasteiger charge is -2.44. The van der Waals surface area contributed by atoms with E-state index < -0.39 is 39.7 Å². The summed E-state index contributed by atoms with van der Waals surface area (Å²) in [6.45, 7) is 2.92. The number of amides is 1. The molecule has 1 aliphatic rings. The van der Waals surface area contributed by atoms with Gasteiger partial charge in [-0.2, -0.15) is 0 Å². The summed E-state index contributed by atoms with van der Waals surface area (Å²) >= 11 is 0. The quantitative estimate of drug-likeness (QED) is 0.365. The molecule has 0 saturated carbocycles. The fourth-order valence-corrected chi connectivity index (χ4v) is 6.76. The molecule has 3 N–H and O–H groups in total. The molecule has 0 radical (unpaired) electrons. The van der Waals surface area contributed by atoms with Crippen LogP contribution in [0.4, 0.5) is 0 Å². The minimum absolute atomic E-state index is 0.132. The lowest BCUT2D eigenvalue weighted by atomic mass is 9.95. The molecule has 2 heterocycles. The summed E-state index contributed by atoms with van der Waals surface area (Å²) in [5, 5.41) is 11.5. The van der Waals surface area contributed by atoms with Crippen LogP contribution in [-0.2, 0) is 25.1 Å². The van der Waals surface area contributed by atoms with Gasteiger partial charge in [-0.3, -0.25) is 9.69 Å². The van der Waals surface area contributed by atoms with Crippen molar-refractivity contribution in [1.82, 2.24) is 9.88 Å². The maximum atomic E-state index is 13.3. The summed E-state index contributed by atoms with van der Waals surface area (Å²) in [4.78, 5) is 19.2. The number of carbonyl (C=O) groups excluding carboxylic acids is 1. The molecule has 1 saturated heterocycles. The van der Waals surface area contributed by atoms with Crippen molar-refractivity contribution in [2.24, 2.45) is 5.73 Å². The van der Waals surface area contributed by atoms with Crippen molar-refractivity contribution in [3.63, 3.8) is 0 Å². The van der Waals surface area contributed by atoms with Gasteiger partial charge in [0.15, 0.2) is 15.4 Å². The third-order valence-corrected chi connectivity index (χ3v) is 8.43. The van der Waals surface area contributed by atoms with Gasteiger partial charge in [-0.05, 0) is 37.0 Å². The number of benzene rings is 2. The van der Waals surface area contributed by atoms with Gasteiger partial charge in [0.1, 0.15) is 17.7 Å². The summed E-state index contributed by atoms with van der Waals surface area (Å²) in [7, 11) is -3.72. The van der Waals surface area contributed by atoms with Crippen LogP contribution in [0.3, 0.4) is 0 Å². The third kappa shape index (κ3) is 6.75. The highest BCUT2D eigenvalue weighted by atomic mass is 32.2. The molecule has 0 aliphatic carbocycles. The number of hydrogen-bond donors (Lipinski definition) is 2. The molecule has 1 aliphatic heterocycles. The standard InChI is InChI=1S/C27H35N3O6S/c1-2-8-22(25(31)27-29-21-11-6-7-12-24(21)36-27)30(20-13-15-35-16-14-20)23(26(28)32)18-37(33,34)17-19-9-4-3-5-10-19/h3-7,9-12,20,22-23,25,31H,2,8,13-18H2,1H3,(H2,28,32)/t22-,23?,25-/m0/s1. The number of para-hydroxylation sites is 2. The molecule has 1 unspecified atom stereocenters. The van der Waals surface area contributed by atoms with Crippen molar-refractivity contribution in [2.75, 3.05) is 19.0 Å². The molecule has 200 valence electrons. The fourth-order valence-electron chi connectivity index (χ4n) is 5.13. The van der Waals surface area contributed by atoms with E-state index in [1.165, 1.54) is 0 Å². The van der Waals surface area contributed by atoms with E-state index in [2.05, 4.69) is 4.98 Å². The largest absolute Gasteiger partial charge is 0.438 e. The van der Waals surface area contributed by atoms with E-state index in [4.69, 9.17) is 14.9 Å². The van der Waals surface area contributed by atoms with E-state index in [0.29, 0.717) is 55.6 Å². The Hall–Kier alpha value is -2.79. The summed E-state index contributed by atoms with van der Waals surface area (Å²) < 4.78 is 38.0. The first-order valence-electron chi connectivity index (χ1n) is 12.7. The van der Waals surface area contributed by atoms with Crippen molar-refractivity contribution >= 4 is 26.8 Å². The van der Waals surface area contributed by atoms with Crippen molar-refractivity contribution in [1.29, 1.82) is 0 Å². The first-order chi connectivity index (χ1) is 17.8. The number of fused-ring (bicyclic) bond motifs is 1. The summed E-state index contributed by atoms with van der Waals surface area (Å²) in [5.41, 5.74) is 7.68. The Kier molecular flexibility index (Phi) is 8.96. The van der Waals surface area contributed by atoms with Gasteiger partial charge < -0.3 is 20.0 Å². The van der Waals surface area contributed by atoms with Crippen LogP contribution in [0.15, 0.2) is 59.0 Å². The Morgan fingerprint density at radius 3 is 2.46 bits per heavy atom. The van der Waals surface area contributed by atoms with Gasteiger partial charge in [-0.15, -0.1) is 0 Å². The Morgan fingerprint density at radius 2 is 1.81 bits per heavy atom. The van der Waals surface area contributed by atoms with Crippen LogP contribution in [0.2, 0.25) is 0 Å². The Labute approximate surface area is 217 Å². The number of aliphatic hydroxyl groups excluding tert-OH is 1. The van der Waals surface area contributed by atoms with E-state index in [1.54, 1.807) is 36.4 Å². The van der Waals surface area contributed by atoms with Crippen LogP contribution in [0.5, 0.6) is 0 Å². The molecule has 1 aromatic heterocycles. The highest BCUT2D eigenvalue weighted by molar-refractivity contribution is 7.90. The number of hydrogen-bond acceptors (Lipinski definition) is 8. The number of sulfone groups is 1. The van der Waals surface area contributed by atoms with E-state index in [0.717, 1.165) is 0 Å². The number of primary amides is 1. The van der Waals surface area contributed by atoms with Crippen molar-refractivity contribution in [2.45, 2.75) is 62.6 Å². The van der Waals surface area contributed by atoms with Crippen LogP contribution >= 0.6 is 0 Å². The smallest absolute Gasteiger partial charge is 0.235 e. The molecule has 9 nitrogen and oxygen atoms in total. The van der Waals surface area contributed by atoms with Gasteiger partial charge in [0, 0.05) is 25.3 Å². The number of rotatable bonds is 12. The van der Waals surface area contributed by atoms with E-state index >= 15 is 0 Å². The Bertz CT molecular complexity index is 1240. The van der Waals surface area contributed by atoms with Crippen LogP contribution in [0.25, 0.3) is 11.1 Å². The number of oxazole rings is 1. The van der Waals surface area contributed by atoms with Crippen LogP contribution in [-0.4, -0.2) is 66.4 Å². The lowest BCUT2D eigenvalue weighted by Crippen LogP contribution is -2.59. The summed E-state index contributed by atoms with van der Waals surface area (Å²) in [6, 6.07) is 14.1. The molecule has 10 heteroatoms. The lowest BCUT2D eigenvalue weighted by molar-refractivity contribution is -0.128. The average molecular weight is 530 g/mol. The molecule has 3 atom stereocenters. The maximum absolute atomic E-state index is 13.3. The third-order valence-electron chi connectivity index (χ3n) is 6.84. The number of aromatic nitrogens is 1. The predicted octanol–water partition coefficient (Wildman–Crippen LogP) is 2.98.